The van der Waals surface area contributed by atoms with Crippen LogP contribution in [0.5, 0.6) is 0 Å². The maximum atomic E-state index is 5.70. The summed E-state index contributed by atoms with van der Waals surface area (Å²) in [6, 6.07) is 4.25. The zero-order chi connectivity index (χ0) is 6.69. The molecular formula is C6H8ClSSi. The van der Waals surface area contributed by atoms with Gasteiger partial charge in [0.15, 0.2) is 0 Å². The smallest absolute Gasteiger partial charge is 0.112 e. The number of thiophene rings is 1. The van der Waals surface area contributed by atoms with Crippen LogP contribution in [-0.4, -0.2) is 14.3 Å². The van der Waals surface area contributed by atoms with Crippen molar-refractivity contribution in [3.05, 3.63) is 17.5 Å². The van der Waals surface area contributed by atoms with Crippen molar-refractivity contribution in [3.8, 4) is 0 Å². The molecule has 0 spiro atoms. The Labute approximate surface area is 66.1 Å². The molecule has 0 saturated carbocycles. The first-order chi connectivity index (χ1) is 4.34. The summed E-state index contributed by atoms with van der Waals surface area (Å²) in [6.45, 7) is 2.24. The van der Waals surface area contributed by atoms with Crippen LogP contribution in [0.3, 0.4) is 0 Å². The average molecular weight is 176 g/mol. The molecule has 0 aromatic carbocycles. The Morgan fingerprint density at radius 2 is 2.56 bits per heavy atom. The van der Waals surface area contributed by atoms with Crippen LogP contribution in [0, 0.1) is 0 Å². The fourth-order valence-electron chi connectivity index (χ4n) is 0.587. The monoisotopic (exact) mass is 175 g/mol. The van der Waals surface area contributed by atoms with Gasteiger partial charge >= 0.3 is 0 Å². The van der Waals surface area contributed by atoms with Gasteiger partial charge in [0.05, 0.1) is 0 Å². The van der Waals surface area contributed by atoms with E-state index in [4.69, 9.17) is 11.6 Å². The van der Waals surface area contributed by atoms with Gasteiger partial charge in [-0.05, 0) is 9.88 Å². The van der Waals surface area contributed by atoms with Crippen LogP contribution in [-0.2, 0) is 0 Å². The SMILES string of the molecule is C[Si](CCl)c1cccs1. The normalized spacial score (nSPS) is 10.6. The zero-order valence-electron chi connectivity index (χ0n) is 5.23. The van der Waals surface area contributed by atoms with Crippen LogP contribution in [0.1, 0.15) is 0 Å². The summed E-state index contributed by atoms with van der Waals surface area (Å²) in [6.07, 6.45) is 0. The molecule has 0 atom stereocenters. The Morgan fingerprint density at radius 1 is 1.78 bits per heavy atom. The molecule has 1 aromatic rings. The van der Waals surface area contributed by atoms with Crippen LogP contribution in [0.2, 0.25) is 6.55 Å². The second-order valence-corrected chi connectivity index (χ2v) is 6.37. The molecule has 0 fully saturated rings. The summed E-state index contributed by atoms with van der Waals surface area (Å²) in [5.74, 6) is 0. The van der Waals surface area contributed by atoms with Gasteiger partial charge in [0.1, 0.15) is 8.80 Å². The third-order valence-electron chi connectivity index (χ3n) is 1.14. The van der Waals surface area contributed by atoms with Crippen LogP contribution < -0.4 is 4.50 Å². The molecular weight excluding hydrogens is 168 g/mol. The van der Waals surface area contributed by atoms with Crippen molar-refractivity contribution in [1.82, 2.24) is 0 Å². The highest BCUT2D eigenvalue weighted by molar-refractivity contribution is 7.22. The van der Waals surface area contributed by atoms with Crippen LogP contribution in [0.25, 0.3) is 0 Å². The molecule has 49 valence electrons. The largest absolute Gasteiger partial charge is 0.154 e. The maximum Gasteiger partial charge on any atom is 0.112 e. The molecule has 1 radical (unpaired) electrons. The van der Waals surface area contributed by atoms with Gasteiger partial charge in [0, 0.05) is 5.50 Å². The third-order valence-corrected chi connectivity index (χ3v) is 5.84. The standard InChI is InChI=1S/C6H8ClSSi/c1-9(5-7)6-3-2-4-8-6/h2-4H,5H2,1H3. The Hall–Kier alpha value is 0.207. The molecule has 0 bridgehead atoms. The Bertz CT molecular complexity index is 162. The Morgan fingerprint density at radius 3 is 3.00 bits per heavy atom. The number of hydrogen-bond acceptors (Lipinski definition) is 1. The summed E-state index contributed by atoms with van der Waals surface area (Å²) >= 11 is 7.51. The predicted molar refractivity (Wildman–Crippen MR) is 46.3 cm³/mol. The molecule has 0 saturated heterocycles. The maximum absolute atomic E-state index is 5.70. The molecule has 0 N–H and O–H groups in total. The van der Waals surface area contributed by atoms with Gasteiger partial charge in [-0.15, -0.1) is 11.6 Å². The van der Waals surface area contributed by atoms with Gasteiger partial charge < -0.3 is 0 Å². The molecule has 0 amide bonds. The fourth-order valence-corrected chi connectivity index (χ4v) is 3.46. The molecule has 0 aliphatic rings. The highest BCUT2D eigenvalue weighted by Crippen LogP contribution is 1.97. The minimum Gasteiger partial charge on any atom is -0.154 e. The lowest BCUT2D eigenvalue weighted by atomic mass is 10.7. The second kappa shape index (κ2) is 3.39. The van der Waals surface area contributed by atoms with Crippen molar-refractivity contribution in [3.63, 3.8) is 0 Å². The number of hydrogen-bond donors (Lipinski definition) is 0. The van der Waals surface area contributed by atoms with E-state index in [1.807, 2.05) is 11.3 Å². The average Bonchev–Trinajstić information content (AvgIpc) is 2.37. The lowest BCUT2D eigenvalue weighted by Gasteiger charge is -1.97. The number of rotatable bonds is 2. The first kappa shape index (κ1) is 7.32. The minimum absolute atomic E-state index is 0.380. The molecule has 0 aliphatic heterocycles. The van der Waals surface area contributed by atoms with Crippen LogP contribution in [0.4, 0.5) is 0 Å². The van der Waals surface area contributed by atoms with E-state index in [1.54, 1.807) is 0 Å². The number of alkyl halides is 1. The lowest BCUT2D eigenvalue weighted by Crippen LogP contribution is -2.25. The van der Waals surface area contributed by atoms with Gasteiger partial charge in [-0.2, -0.15) is 11.3 Å². The molecule has 1 rings (SSSR count). The zero-order valence-corrected chi connectivity index (χ0v) is 7.80. The minimum atomic E-state index is -0.380. The third kappa shape index (κ3) is 1.81. The summed E-state index contributed by atoms with van der Waals surface area (Å²) in [4.78, 5) is 0. The van der Waals surface area contributed by atoms with Gasteiger partial charge in [-0.3, -0.25) is 0 Å². The van der Waals surface area contributed by atoms with Crippen molar-refractivity contribution in [1.29, 1.82) is 0 Å². The summed E-state index contributed by atoms with van der Waals surface area (Å²) in [5, 5.41) is 2.11. The highest BCUT2D eigenvalue weighted by Gasteiger charge is 2.05. The summed E-state index contributed by atoms with van der Waals surface area (Å²) < 4.78 is 1.48. The van der Waals surface area contributed by atoms with E-state index in [1.165, 1.54) is 4.50 Å². The van der Waals surface area contributed by atoms with Crippen molar-refractivity contribution in [2.75, 3.05) is 5.50 Å². The molecule has 1 heterocycles. The van der Waals surface area contributed by atoms with Crippen LogP contribution in [0.15, 0.2) is 17.5 Å². The van der Waals surface area contributed by atoms with E-state index < -0.39 is 0 Å². The van der Waals surface area contributed by atoms with E-state index in [9.17, 15) is 0 Å². The van der Waals surface area contributed by atoms with Crippen molar-refractivity contribution in [2.45, 2.75) is 6.55 Å². The van der Waals surface area contributed by atoms with Crippen molar-refractivity contribution < 1.29 is 0 Å². The lowest BCUT2D eigenvalue weighted by molar-refractivity contribution is 1.92. The van der Waals surface area contributed by atoms with E-state index in [2.05, 4.69) is 24.1 Å². The molecule has 3 heteroatoms. The van der Waals surface area contributed by atoms with Crippen molar-refractivity contribution in [2.24, 2.45) is 0 Å². The second-order valence-electron chi connectivity index (χ2n) is 1.89. The molecule has 0 nitrogen and oxygen atoms in total. The first-order valence-electron chi connectivity index (χ1n) is 2.77. The van der Waals surface area contributed by atoms with E-state index in [0.717, 1.165) is 5.50 Å². The summed E-state index contributed by atoms with van der Waals surface area (Å²) in [5.41, 5.74) is 0.825. The van der Waals surface area contributed by atoms with E-state index >= 15 is 0 Å². The van der Waals surface area contributed by atoms with Crippen molar-refractivity contribution >= 4 is 36.2 Å². The first-order valence-corrected chi connectivity index (χ1v) is 6.39. The van der Waals surface area contributed by atoms with Gasteiger partial charge in [-0.1, -0.05) is 18.7 Å². The summed E-state index contributed by atoms with van der Waals surface area (Å²) in [7, 11) is -0.380. The van der Waals surface area contributed by atoms with Gasteiger partial charge in [-0.25, -0.2) is 0 Å². The molecule has 9 heavy (non-hydrogen) atoms. The quantitative estimate of drug-likeness (QED) is 0.476. The van der Waals surface area contributed by atoms with E-state index in [0.29, 0.717) is 0 Å². The predicted octanol–water partition coefficient (Wildman–Crippen LogP) is 1.86. The molecule has 1 aromatic heterocycles. The highest BCUT2D eigenvalue weighted by atomic mass is 35.5. The Balaban J connectivity index is 2.65. The molecule has 0 aliphatic carbocycles. The number of halogens is 1. The van der Waals surface area contributed by atoms with Crippen LogP contribution >= 0.6 is 22.9 Å². The van der Waals surface area contributed by atoms with Gasteiger partial charge in [0.25, 0.3) is 0 Å². The topological polar surface area (TPSA) is 0 Å². The molecule has 0 unspecified atom stereocenters. The Kier molecular flexibility index (Phi) is 2.76. The fraction of sp³-hybridized carbons (Fsp3) is 0.333. The van der Waals surface area contributed by atoms with E-state index in [-0.39, 0.29) is 8.80 Å². The van der Waals surface area contributed by atoms with Gasteiger partial charge in [0.2, 0.25) is 0 Å².